The Hall–Kier alpha value is -1.01. The number of anilines is 1. The van der Waals surface area contributed by atoms with Crippen LogP contribution in [0.2, 0.25) is 0 Å². The quantitative estimate of drug-likeness (QED) is 0.798. The molecule has 1 aromatic heterocycles. The van der Waals surface area contributed by atoms with Crippen molar-refractivity contribution in [3.63, 3.8) is 0 Å². The highest BCUT2D eigenvalue weighted by Crippen LogP contribution is 2.29. The van der Waals surface area contributed by atoms with E-state index in [4.69, 9.17) is 5.14 Å². The summed E-state index contributed by atoms with van der Waals surface area (Å²) in [5.41, 5.74) is -0.443. The molecule has 0 radical (unpaired) electrons. The summed E-state index contributed by atoms with van der Waals surface area (Å²) in [6, 6.07) is 5.37. The molecular weight excluding hydrogens is 407 g/mol. The number of hydrogen-bond acceptors (Lipinski definition) is 5. The van der Waals surface area contributed by atoms with Gasteiger partial charge >= 0.3 is 0 Å². The minimum absolute atomic E-state index is 0.0565. The molecule has 0 saturated heterocycles. The van der Waals surface area contributed by atoms with Crippen LogP contribution in [0.4, 0.5) is 10.1 Å². The number of halogens is 2. The normalized spacial score (nSPS) is 12.3. The Bertz CT molecular complexity index is 893. The molecule has 2 rings (SSSR count). The molecule has 3 N–H and O–H groups in total. The zero-order valence-electron chi connectivity index (χ0n) is 10.1. The first-order chi connectivity index (χ1) is 9.59. The van der Waals surface area contributed by atoms with Gasteiger partial charge in [0.1, 0.15) is 14.9 Å². The summed E-state index contributed by atoms with van der Waals surface area (Å²) in [6.07, 6.45) is 0. The monoisotopic (exact) mass is 414 g/mol. The first-order valence-electron chi connectivity index (χ1n) is 5.20. The van der Waals surface area contributed by atoms with Crippen molar-refractivity contribution < 1.29 is 21.2 Å². The summed E-state index contributed by atoms with van der Waals surface area (Å²) in [5.74, 6) is -0.799. The molecule has 6 nitrogen and oxygen atoms in total. The molecule has 0 saturated carbocycles. The number of nitrogens with two attached hydrogens (primary N) is 1. The predicted octanol–water partition coefficient (Wildman–Crippen LogP) is 2.10. The number of rotatable bonds is 4. The van der Waals surface area contributed by atoms with Crippen LogP contribution in [0.1, 0.15) is 0 Å². The van der Waals surface area contributed by atoms with Gasteiger partial charge in [-0.2, -0.15) is 0 Å². The largest absolute Gasteiger partial charge is 0.277 e. The summed E-state index contributed by atoms with van der Waals surface area (Å²) in [6.45, 7) is 0. The first kappa shape index (κ1) is 16.4. The SMILES string of the molecule is NS(=O)(=O)c1ccc(F)cc1NS(=O)(=O)c1ccc(Br)s1. The Morgan fingerprint density at radius 1 is 1.14 bits per heavy atom. The molecular formula is C10H8BrFN2O4S3. The molecule has 1 heterocycles. The average Bonchev–Trinajstić information content (AvgIpc) is 2.74. The van der Waals surface area contributed by atoms with Gasteiger partial charge in [-0.05, 0) is 46.3 Å². The van der Waals surface area contributed by atoms with Crippen LogP contribution in [0.25, 0.3) is 0 Å². The van der Waals surface area contributed by atoms with Gasteiger partial charge in [0.25, 0.3) is 10.0 Å². The van der Waals surface area contributed by atoms with Crippen molar-refractivity contribution in [2.45, 2.75) is 9.10 Å². The lowest BCUT2D eigenvalue weighted by atomic mass is 10.3. The van der Waals surface area contributed by atoms with E-state index in [0.29, 0.717) is 3.79 Å². The van der Waals surface area contributed by atoms with E-state index in [-0.39, 0.29) is 4.21 Å². The zero-order chi connectivity index (χ0) is 15.8. The number of thiophene rings is 1. The second kappa shape index (κ2) is 5.65. The number of hydrogen-bond donors (Lipinski definition) is 2. The minimum Gasteiger partial charge on any atom is -0.277 e. The maximum absolute atomic E-state index is 13.2. The molecule has 11 heteroatoms. The van der Waals surface area contributed by atoms with Gasteiger partial charge in [-0.25, -0.2) is 26.4 Å². The second-order valence-corrected chi connectivity index (χ2v) is 9.75. The van der Waals surface area contributed by atoms with E-state index in [9.17, 15) is 21.2 Å². The van der Waals surface area contributed by atoms with Crippen molar-refractivity contribution >= 4 is 53.0 Å². The van der Waals surface area contributed by atoms with Crippen LogP contribution in [0.3, 0.4) is 0 Å². The Kier molecular flexibility index (Phi) is 4.40. The van der Waals surface area contributed by atoms with Crippen molar-refractivity contribution in [1.82, 2.24) is 0 Å². The van der Waals surface area contributed by atoms with Crippen molar-refractivity contribution in [1.29, 1.82) is 0 Å². The molecule has 0 atom stereocenters. The van der Waals surface area contributed by atoms with Crippen LogP contribution in [-0.4, -0.2) is 16.8 Å². The van der Waals surface area contributed by atoms with Crippen molar-refractivity contribution in [3.8, 4) is 0 Å². The van der Waals surface area contributed by atoms with Gasteiger partial charge in [-0.1, -0.05) is 0 Å². The molecule has 0 spiro atoms. The van der Waals surface area contributed by atoms with E-state index in [2.05, 4.69) is 15.9 Å². The maximum Gasteiger partial charge on any atom is 0.271 e. The summed E-state index contributed by atoms with van der Waals surface area (Å²) < 4.78 is 62.9. The summed E-state index contributed by atoms with van der Waals surface area (Å²) >= 11 is 4.04. The Morgan fingerprint density at radius 2 is 1.81 bits per heavy atom. The number of benzene rings is 1. The first-order valence-corrected chi connectivity index (χ1v) is 9.84. The fraction of sp³-hybridized carbons (Fsp3) is 0. The van der Waals surface area contributed by atoms with E-state index in [0.717, 1.165) is 29.5 Å². The summed E-state index contributed by atoms with van der Waals surface area (Å²) in [5, 5.41) is 4.98. The number of primary sulfonamides is 1. The van der Waals surface area contributed by atoms with Crippen LogP contribution < -0.4 is 9.86 Å². The van der Waals surface area contributed by atoms with E-state index in [1.165, 1.54) is 12.1 Å². The van der Waals surface area contributed by atoms with Gasteiger partial charge in [0.2, 0.25) is 10.0 Å². The molecule has 0 unspecified atom stereocenters. The second-order valence-electron chi connectivity index (χ2n) is 3.85. The molecule has 21 heavy (non-hydrogen) atoms. The lowest BCUT2D eigenvalue weighted by molar-refractivity contribution is 0.597. The molecule has 1 aromatic carbocycles. The van der Waals surface area contributed by atoms with Crippen molar-refractivity contribution in [2.24, 2.45) is 5.14 Å². The third-order valence-corrected chi connectivity index (χ3v) is 6.76. The smallest absolute Gasteiger partial charge is 0.271 e. The minimum atomic E-state index is -4.20. The Labute approximate surface area is 133 Å². The fourth-order valence-corrected chi connectivity index (χ4v) is 5.29. The highest BCUT2D eigenvalue weighted by molar-refractivity contribution is 9.11. The molecule has 114 valence electrons. The molecule has 0 aliphatic heterocycles. The molecule has 0 fully saturated rings. The van der Waals surface area contributed by atoms with Crippen LogP contribution in [0.5, 0.6) is 0 Å². The Morgan fingerprint density at radius 3 is 2.33 bits per heavy atom. The van der Waals surface area contributed by atoms with Gasteiger partial charge in [-0.15, -0.1) is 11.3 Å². The van der Waals surface area contributed by atoms with Crippen LogP contribution in [-0.2, 0) is 20.0 Å². The van der Waals surface area contributed by atoms with E-state index >= 15 is 0 Å². The summed E-state index contributed by atoms with van der Waals surface area (Å²) in [4.78, 5) is -0.511. The highest BCUT2D eigenvalue weighted by atomic mass is 79.9. The Balaban J connectivity index is 2.51. The highest BCUT2D eigenvalue weighted by Gasteiger charge is 2.22. The van der Waals surface area contributed by atoms with Crippen LogP contribution in [0.15, 0.2) is 43.2 Å². The third kappa shape index (κ3) is 3.80. The average molecular weight is 415 g/mol. The standard InChI is InChI=1S/C10H8BrFN2O4S3/c11-9-3-4-10(19-9)21(17,18)14-7-5-6(12)1-2-8(7)20(13,15)16/h1-5,14H,(H2,13,15,16). The third-order valence-electron chi connectivity index (χ3n) is 2.31. The molecule has 0 aliphatic rings. The molecule has 2 aromatic rings. The van der Waals surface area contributed by atoms with Gasteiger partial charge < -0.3 is 0 Å². The lowest BCUT2D eigenvalue weighted by Crippen LogP contribution is -2.18. The van der Waals surface area contributed by atoms with Crippen molar-refractivity contribution in [3.05, 3.63) is 39.9 Å². The van der Waals surface area contributed by atoms with Gasteiger partial charge in [-0.3, -0.25) is 4.72 Å². The fourth-order valence-electron chi connectivity index (χ4n) is 1.47. The van der Waals surface area contributed by atoms with Crippen molar-refractivity contribution in [2.75, 3.05) is 4.72 Å². The topological polar surface area (TPSA) is 106 Å². The van der Waals surface area contributed by atoms with E-state index in [1.807, 2.05) is 4.72 Å². The van der Waals surface area contributed by atoms with Crippen LogP contribution in [0, 0.1) is 5.82 Å². The van der Waals surface area contributed by atoms with Gasteiger partial charge in [0.15, 0.2) is 0 Å². The zero-order valence-corrected chi connectivity index (χ0v) is 14.1. The molecule has 0 amide bonds. The van der Waals surface area contributed by atoms with Crippen LogP contribution >= 0.6 is 27.3 Å². The summed E-state index contributed by atoms with van der Waals surface area (Å²) in [7, 11) is -8.24. The van der Waals surface area contributed by atoms with Gasteiger partial charge in [0.05, 0.1) is 9.47 Å². The maximum atomic E-state index is 13.2. The predicted molar refractivity (Wildman–Crippen MR) is 80.6 cm³/mol. The van der Waals surface area contributed by atoms with E-state index in [1.54, 1.807) is 0 Å². The number of nitrogens with one attached hydrogen (secondary N) is 1. The number of sulfonamides is 2. The lowest BCUT2D eigenvalue weighted by Gasteiger charge is -2.10. The van der Waals surface area contributed by atoms with E-state index < -0.39 is 36.4 Å². The molecule has 0 aliphatic carbocycles. The van der Waals surface area contributed by atoms with Gasteiger partial charge in [0, 0.05) is 0 Å². The molecule has 0 bridgehead atoms.